The van der Waals surface area contributed by atoms with Gasteiger partial charge in [-0.25, -0.2) is 4.39 Å². The third kappa shape index (κ3) is 5.13. The third-order valence-corrected chi connectivity index (χ3v) is 6.39. The van der Waals surface area contributed by atoms with Crippen LogP contribution in [0.5, 0.6) is 0 Å². The van der Waals surface area contributed by atoms with E-state index in [2.05, 4.69) is 10.2 Å². The number of piperidine rings is 1. The Kier molecular flexibility index (Phi) is 6.66. The lowest BCUT2D eigenvalue weighted by atomic mass is 9.96. The first-order chi connectivity index (χ1) is 15.0. The number of rotatable bonds is 5. The van der Waals surface area contributed by atoms with Gasteiger partial charge in [-0.15, -0.1) is 0 Å². The van der Waals surface area contributed by atoms with E-state index in [1.807, 2.05) is 36.1 Å². The minimum absolute atomic E-state index is 0.0159. The molecule has 5 nitrogen and oxygen atoms in total. The summed E-state index contributed by atoms with van der Waals surface area (Å²) in [6.07, 6.45) is 3.86. The zero-order chi connectivity index (χ0) is 21.8. The summed E-state index contributed by atoms with van der Waals surface area (Å²) >= 11 is 0. The Hall–Kier alpha value is -2.73. The van der Waals surface area contributed by atoms with Crippen molar-refractivity contribution in [3.63, 3.8) is 0 Å². The molecule has 0 radical (unpaired) electrons. The molecule has 0 aromatic heterocycles. The van der Waals surface area contributed by atoms with E-state index in [9.17, 15) is 14.0 Å². The smallest absolute Gasteiger partial charge is 0.254 e. The molecule has 0 saturated carbocycles. The maximum atomic E-state index is 13.5. The molecule has 1 unspecified atom stereocenters. The molecule has 31 heavy (non-hydrogen) atoms. The molecule has 2 aliphatic rings. The van der Waals surface area contributed by atoms with Crippen LogP contribution in [0.1, 0.15) is 47.2 Å². The molecule has 6 heteroatoms. The van der Waals surface area contributed by atoms with Gasteiger partial charge in [0, 0.05) is 37.4 Å². The van der Waals surface area contributed by atoms with Crippen LogP contribution in [0.25, 0.3) is 0 Å². The highest BCUT2D eigenvalue weighted by Gasteiger charge is 2.27. The average molecular weight is 424 g/mol. The minimum Gasteiger partial charge on any atom is -0.339 e. The summed E-state index contributed by atoms with van der Waals surface area (Å²) in [5, 5.41) is 3.06. The van der Waals surface area contributed by atoms with Gasteiger partial charge in [-0.2, -0.15) is 0 Å². The van der Waals surface area contributed by atoms with Crippen LogP contribution in [-0.4, -0.2) is 47.8 Å². The van der Waals surface area contributed by atoms with Crippen molar-refractivity contribution in [1.29, 1.82) is 0 Å². The fraction of sp³-hybridized carbons (Fsp3) is 0.440. The summed E-state index contributed by atoms with van der Waals surface area (Å²) in [6.45, 7) is 5.69. The quantitative estimate of drug-likeness (QED) is 0.783. The second kappa shape index (κ2) is 9.60. The number of anilines is 1. The molecule has 1 atom stereocenters. The molecule has 4 rings (SSSR count). The van der Waals surface area contributed by atoms with Crippen molar-refractivity contribution < 1.29 is 14.0 Å². The van der Waals surface area contributed by atoms with Gasteiger partial charge in [0.05, 0.1) is 5.92 Å². The van der Waals surface area contributed by atoms with Crippen molar-refractivity contribution in [3.05, 3.63) is 65.0 Å². The van der Waals surface area contributed by atoms with Crippen molar-refractivity contribution in [2.45, 2.75) is 39.2 Å². The van der Waals surface area contributed by atoms with Crippen LogP contribution in [0.2, 0.25) is 0 Å². The number of carbonyl (C=O) groups excluding carboxylic acids is 2. The maximum absolute atomic E-state index is 13.5. The summed E-state index contributed by atoms with van der Waals surface area (Å²) in [5.41, 5.74) is 3.11. The van der Waals surface area contributed by atoms with E-state index < -0.39 is 0 Å². The number of halogens is 1. The van der Waals surface area contributed by atoms with Gasteiger partial charge < -0.3 is 10.2 Å². The summed E-state index contributed by atoms with van der Waals surface area (Å²) in [7, 11) is 0. The Morgan fingerprint density at radius 2 is 1.84 bits per heavy atom. The van der Waals surface area contributed by atoms with E-state index in [0.29, 0.717) is 24.3 Å². The van der Waals surface area contributed by atoms with Crippen molar-refractivity contribution >= 4 is 17.5 Å². The van der Waals surface area contributed by atoms with Gasteiger partial charge in [0.25, 0.3) is 5.91 Å². The Balaban J connectivity index is 1.40. The van der Waals surface area contributed by atoms with Gasteiger partial charge in [0.2, 0.25) is 5.91 Å². The molecule has 1 N–H and O–H groups in total. The van der Waals surface area contributed by atoms with Crippen LogP contribution in [0, 0.1) is 18.7 Å². The summed E-state index contributed by atoms with van der Waals surface area (Å²) < 4.78 is 13.5. The van der Waals surface area contributed by atoms with Gasteiger partial charge in [-0.1, -0.05) is 18.2 Å². The first kappa shape index (κ1) is 21.5. The lowest BCUT2D eigenvalue weighted by molar-refractivity contribution is -0.121. The predicted octanol–water partition coefficient (Wildman–Crippen LogP) is 4.22. The van der Waals surface area contributed by atoms with Crippen LogP contribution < -0.4 is 5.32 Å². The number of nitrogens with zero attached hydrogens (tertiary/aromatic N) is 2. The van der Waals surface area contributed by atoms with Crippen molar-refractivity contribution in [2.75, 3.05) is 31.5 Å². The molecular formula is C25H30FN3O2. The molecule has 2 fully saturated rings. The van der Waals surface area contributed by atoms with E-state index >= 15 is 0 Å². The van der Waals surface area contributed by atoms with Crippen LogP contribution in [0.3, 0.4) is 0 Å². The van der Waals surface area contributed by atoms with E-state index in [1.165, 1.54) is 6.07 Å². The number of benzene rings is 2. The fourth-order valence-electron chi connectivity index (χ4n) is 4.63. The number of carbonyl (C=O) groups is 2. The second-order valence-electron chi connectivity index (χ2n) is 8.67. The molecule has 0 bridgehead atoms. The molecule has 2 saturated heterocycles. The Morgan fingerprint density at radius 1 is 1.06 bits per heavy atom. The van der Waals surface area contributed by atoms with Crippen molar-refractivity contribution in [1.82, 2.24) is 9.80 Å². The molecule has 0 spiro atoms. The Morgan fingerprint density at radius 3 is 2.61 bits per heavy atom. The van der Waals surface area contributed by atoms with Crippen molar-refractivity contribution in [2.24, 2.45) is 5.92 Å². The standard InChI is InChI=1S/C25H30FN3O2/c1-18-22(25(31)29-13-2-3-14-29)10-5-11-23(18)27-24(30)20-8-6-12-28(17-20)16-19-7-4-9-21(26)15-19/h4-5,7,9-11,15,20H,2-3,6,8,12-14,16-17H2,1H3,(H,27,30). The molecular weight excluding hydrogens is 393 g/mol. The average Bonchev–Trinajstić information content (AvgIpc) is 3.30. The number of nitrogens with one attached hydrogen (secondary N) is 1. The normalized spacial score (nSPS) is 19.4. The third-order valence-electron chi connectivity index (χ3n) is 6.39. The van der Waals surface area contributed by atoms with Crippen LogP contribution in [0.4, 0.5) is 10.1 Å². The highest BCUT2D eigenvalue weighted by Crippen LogP contribution is 2.25. The van der Waals surface area contributed by atoms with Gasteiger partial charge in [0.15, 0.2) is 0 Å². The topological polar surface area (TPSA) is 52.7 Å². The SMILES string of the molecule is Cc1c(NC(=O)C2CCCN(Cc3cccc(F)c3)C2)cccc1C(=O)N1CCCC1. The molecule has 164 valence electrons. The van der Waals surface area contributed by atoms with Gasteiger partial charge in [-0.3, -0.25) is 14.5 Å². The monoisotopic (exact) mass is 423 g/mol. The van der Waals surface area contributed by atoms with Crippen LogP contribution >= 0.6 is 0 Å². The first-order valence-corrected chi connectivity index (χ1v) is 11.2. The summed E-state index contributed by atoms with van der Waals surface area (Å²) in [5.74, 6) is -0.329. The largest absolute Gasteiger partial charge is 0.339 e. The number of likely N-dealkylation sites (tertiary alicyclic amines) is 2. The molecule has 2 heterocycles. The Bertz CT molecular complexity index is 956. The summed E-state index contributed by atoms with van der Waals surface area (Å²) in [4.78, 5) is 29.9. The van der Waals surface area contributed by atoms with Gasteiger partial charge in [-0.05, 0) is 74.5 Å². The molecule has 2 aromatic carbocycles. The highest BCUT2D eigenvalue weighted by atomic mass is 19.1. The zero-order valence-electron chi connectivity index (χ0n) is 18.1. The number of hydrogen-bond donors (Lipinski definition) is 1. The van der Waals surface area contributed by atoms with Crippen LogP contribution in [-0.2, 0) is 11.3 Å². The number of amides is 2. The predicted molar refractivity (Wildman–Crippen MR) is 119 cm³/mol. The van der Waals surface area contributed by atoms with Crippen LogP contribution in [0.15, 0.2) is 42.5 Å². The zero-order valence-corrected chi connectivity index (χ0v) is 18.1. The number of hydrogen-bond acceptors (Lipinski definition) is 3. The summed E-state index contributed by atoms with van der Waals surface area (Å²) in [6, 6.07) is 12.2. The van der Waals surface area contributed by atoms with E-state index in [-0.39, 0.29) is 23.5 Å². The van der Waals surface area contributed by atoms with Crippen molar-refractivity contribution in [3.8, 4) is 0 Å². The van der Waals surface area contributed by atoms with E-state index in [0.717, 1.165) is 56.4 Å². The molecule has 0 aliphatic carbocycles. The lowest BCUT2D eigenvalue weighted by Gasteiger charge is -2.32. The van der Waals surface area contributed by atoms with E-state index in [1.54, 1.807) is 12.1 Å². The first-order valence-electron chi connectivity index (χ1n) is 11.2. The van der Waals surface area contributed by atoms with Gasteiger partial charge >= 0.3 is 0 Å². The molecule has 2 aliphatic heterocycles. The molecule has 2 amide bonds. The van der Waals surface area contributed by atoms with E-state index in [4.69, 9.17) is 0 Å². The highest BCUT2D eigenvalue weighted by molar-refractivity contribution is 6.00. The fourth-order valence-corrected chi connectivity index (χ4v) is 4.63. The second-order valence-corrected chi connectivity index (χ2v) is 8.67. The minimum atomic E-state index is -0.234. The maximum Gasteiger partial charge on any atom is 0.254 e. The Labute approximate surface area is 183 Å². The molecule has 2 aromatic rings. The lowest BCUT2D eigenvalue weighted by Crippen LogP contribution is -2.40. The van der Waals surface area contributed by atoms with Gasteiger partial charge in [0.1, 0.15) is 5.82 Å².